The van der Waals surface area contributed by atoms with Crippen LogP contribution in [0.15, 0.2) is 58.4 Å². The molecule has 7 nitrogen and oxygen atoms in total. The summed E-state index contributed by atoms with van der Waals surface area (Å²) in [5.74, 6) is -0.387. The lowest BCUT2D eigenvalue weighted by Gasteiger charge is -2.28. The molecule has 1 N–H and O–H groups in total. The van der Waals surface area contributed by atoms with E-state index < -0.39 is 15.5 Å². The first-order valence-corrected chi connectivity index (χ1v) is 13.4. The summed E-state index contributed by atoms with van der Waals surface area (Å²) in [6.07, 6.45) is 6.22. The van der Waals surface area contributed by atoms with Crippen molar-refractivity contribution in [1.29, 1.82) is 0 Å². The number of fused-ring (bicyclic) bond motifs is 2. The van der Waals surface area contributed by atoms with E-state index in [1.54, 1.807) is 18.3 Å². The van der Waals surface area contributed by atoms with E-state index in [1.165, 1.54) is 10.4 Å². The van der Waals surface area contributed by atoms with Gasteiger partial charge in [0.05, 0.1) is 10.4 Å². The lowest BCUT2D eigenvalue weighted by atomic mass is 10.0. The van der Waals surface area contributed by atoms with Gasteiger partial charge in [-0.25, -0.2) is 8.42 Å². The van der Waals surface area contributed by atoms with Gasteiger partial charge in [0.15, 0.2) is 0 Å². The molecule has 178 valence electrons. The van der Waals surface area contributed by atoms with Crippen LogP contribution in [0, 0.1) is 0 Å². The van der Waals surface area contributed by atoms with Crippen LogP contribution in [0.3, 0.4) is 0 Å². The highest BCUT2D eigenvalue weighted by atomic mass is 32.2. The Kier molecular flexibility index (Phi) is 6.04. The molecule has 0 radical (unpaired) electrons. The zero-order valence-corrected chi connectivity index (χ0v) is 20.1. The number of nitrogens with zero attached hydrogens (tertiary/aromatic N) is 2. The molecule has 1 aliphatic carbocycles. The van der Waals surface area contributed by atoms with Crippen LogP contribution in [-0.2, 0) is 29.5 Å². The minimum Gasteiger partial charge on any atom is -0.349 e. The Hall–Kier alpha value is -2.97. The Morgan fingerprint density at radius 2 is 1.82 bits per heavy atom. The molecule has 0 bridgehead atoms. The van der Waals surface area contributed by atoms with Crippen molar-refractivity contribution >= 4 is 26.8 Å². The van der Waals surface area contributed by atoms with E-state index in [4.69, 9.17) is 0 Å². The molecule has 1 aliphatic heterocycles. The summed E-state index contributed by atoms with van der Waals surface area (Å²) in [6, 6.07) is 12.6. The Morgan fingerprint density at radius 3 is 2.56 bits per heavy atom. The average Bonchev–Trinajstić information content (AvgIpc) is 3.36. The van der Waals surface area contributed by atoms with Gasteiger partial charge < -0.3 is 9.88 Å². The van der Waals surface area contributed by atoms with Gasteiger partial charge in [0.2, 0.25) is 15.5 Å². The topological polar surface area (TPSA) is 88.5 Å². The fourth-order valence-electron chi connectivity index (χ4n) is 5.12. The summed E-state index contributed by atoms with van der Waals surface area (Å²) >= 11 is 0. The van der Waals surface area contributed by atoms with E-state index in [1.807, 2.05) is 35.8 Å². The number of hydrogen-bond donors (Lipinski definition) is 1. The van der Waals surface area contributed by atoms with E-state index in [-0.39, 0.29) is 27.8 Å². The third-order valence-electron chi connectivity index (χ3n) is 7.06. The normalized spacial score (nSPS) is 17.1. The van der Waals surface area contributed by atoms with Gasteiger partial charge in [-0.1, -0.05) is 37.1 Å². The standard InChI is InChI=1S/C26H29N3O4S/c1-2-28-17-23(26(31)27-20-9-5-6-10-20)25(30)22-15-21(11-12-24(22)28)34(32,33)29-14-13-18-7-3-4-8-19(18)16-29/h3-4,7-8,11-12,15,17,20H,2,5-6,9-10,13-14,16H2,1H3,(H,27,31). The van der Waals surface area contributed by atoms with Gasteiger partial charge in [-0.2, -0.15) is 4.31 Å². The van der Waals surface area contributed by atoms with Crippen LogP contribution in [0.2, 0.25) is 0 Å². The summed E-state index contributed by atoms with van der Waals surface area (Å²) in [6.45, 7) is 3.17. The number of aromatic nitrogens is 1. The monoisotopic (exact) mass is 479 g/mol. The number of rotatable bonds is 5. The first-order chi connectivity index (χ1) is 16.4. The first-order valence-electron chi connectivity index (χ1n) is 11.9. The van der Waals surface area contributed by atoms with E-state index in [2.05, 4.69) is 5.32 Å². The lowest BCUT2D eigenvalue weighted by molar-refractivity contribution is 0.0936. The van der Waals surface area contributed by atoms with E-state index in [0.29, 0.717) is 31.6 Å². The van der Waals surface area contributed by atoms with Gasteiger partial charge in [0, 0.05) is 37.3 Å². The van der Waals surface area contributed by atoms with E-state index in [9.17, 15) is 18.0 Å². The van der Waals surface area contributed by atoms with Crippen molar-refractivity contribution in [3.8, 4) is 0 Å². The fraction of sp³-hybridized carbons (Fsp3) is 0.385. The van der Waals surface area contributed by atoms with Gasteiger partial charge in [-0.05, 0) is 55.5 Å². The van der Waals surface area contributed by atoms with Crippen LogP contribution in [0.25, 0.3) is 10.9 Å². The predicted octanol–water partition coefficient (Wildman–Crippen LogP) is 3.44. The van der Waals surface area contributed by atoms with E-state index >= 15 is 0 Å². The maximum atomic E-state index is 13.5. The molecule has 2 heterocycles. The minimum absolute atomic E-state index is 0.0581. The molecule has 0 unspecified atom stereocenters. The predicted molar refractivity (Wildman–Crippen MR) is 131 cm³/mol. The van der Waals surface area contributed by atoms with Crippen molar-refractivity contribution in [1.82, 2.24) is 14.2 Å². The molecular formula is C26H29N3O4S. The molecule has 1 amide bonds. The summed E-state index contributed by atoms with van der Waals surface area (Å²) in [5.41, 5.74) is 2.40. The average molecular weight is 480 g/mol. The highest BCUT2D eigenvalue weighted by Gasteiger charge is 2.29. The largest absolute Gasteiger partial charge is 0.349 e. The van der Waals surface area contributed by atoms with Gasteiger partial charge in [0.25, 0.3) is 5.91 Å². The number of benzene rings is 2. The number of aryl methyl sites for hydroxylation is 1. The number of carbonyl (C=O) groups is 1. The van der Waals surface area contributed by atoms with Gasteiger partial charge in [-0.3, -0.25) is 9.59 Å². The van der Waals surface area contributed by atoms with Crippen LogP contribution in [0.5, 0.6) is 0 Å². The summed E-state index contributed by atoms with van der Waals surface area (Å²) < 4.78 is 30.3. The fourth-order valence-corrected chi connectivity index (χ4v) is 6.56. The second kappa shape index (κ2) is 9.00. The Balaban J connectivity index is 1.53. The molecule has 0 spiro atoms. The van der Waals surface area contributed by atoms with Crippen molar-refractivity contribution in [2.24, 2.45) is 0 Å². The zero-order valence-electron chi connectivity index (χ0n) is 19.3. The third kappa shape index (κ3) is 4.05. The highest BCUT2D eigenvalue weighted by Crippen LogP contribution is 2.27. The number of nitrogens with one attached hydrogen (secondary N) is 1. The van der Waals surface area contributed by atoms with Gasteiger partial charge >= 0.3 is 0 Å². The molecule has 0 saturated heterocycles. The number of sulfonamides is 1. The quantitative estimate of drug-likeness (QED) is 0.607. The van der Waals surface area contributed by atoms with Crippen LogP contribution in [-0.4, -0.2) is 35.8 Å². The zero-order chi connectivity index (χ0) is 23.9. The Labute approximate surface area is 199 Å². The smallest absolute Gasteiger partial charge is 0.256 e. The first kappa shape index (κ1) is 22.8. The van der Waals surface area contributed by atoms with Gasteiger partial charge in [0.1, 0.15) is 5.56 Å². The Morgan fingerprint density at radius 1 is 1.09 bits per heavy atom. The molecule has 1 fully saturated rings. The highest BCUT2D eigenvalue weighted by molar-refractivity contribution is 7.89. The lowest BCUT2D eigenvalue weighted by Crippen LogP contribution is -2.36. The molecule has 1 saturated carbocycles. The van der Waals surface area contributed by atoms with Crippen LogP contribution < -0.4 is 10.7 Å². The minimum atomic E-state index is -3.80. The molecule has 2 aliphatic rings. The van der Waals surface area contributed by atoms with Crippen molar-refractivity contribution in [2.45, 2.75) is 63.1 Å². The van der Waals surface area contributed by atoms with Crippen LogP contribution >= 0.6 is 0 Å². The SMILES string of the molecule is CCn1cc(C(=O)NC2CCCC2)c(=O)c2cc(S(=O)(=O)N3CCc4ccccc4C3)ccc21. The molecule has 34 heavy (non-hydrogen) atoms. The second-order valence-corrected chi connectivity index (χ2v) is 11.1. The summed E-state index contributed by atoms with van der Waals surface area (Å²) in [5, 5.41) is 3.23. The van der Waals surface area contributed by atoms with Crippen LogP contribution in [0.1, 0.15) is 54.1 Å². The van der Waals surface area contributed by atoms with Crippen molar-refractivity contribution in [3.05, 3.63) is 75.6 Å². The number of hydrogen-bond acceptors (Lipinski definition) is 4. The summed E-state index contributed by atoms with van der Waals surface area (Å²) in [7, 11) is -3.80. The van der Waals surface area contributed by atoms with Gasteiger partial charge in [-0.15, -0.1) is 0 Å². The maximum Gasteiger partial charge on any atom is 0.256 e. The molecule has 3 aromatic rings. The molecule has 8 heteroatoms. The number of amides is 1. The molecule has 1 aromatic heterocycles. The molecule has 2 aromatic carbocycles. The number of pyridine rings is 1. The van der Waals surface area contributed by atoms with Crippen LogP contribution in [0.4, 0.5) is 0 Å². The van der Waals surface area contributed by atoms with Crippen molar-refractivity contribution in [2.75, 3.05) is 6.54 Å². The second-order valence-electron chi connectivity index (χ2n) is 9.15. The molecular weight excluding hydrogens is 450 g/mol. The van der Waals surface area contributed by atoms with Crippen molar-refractivity contribution < 1.29 is 13.2 Å². The van der Waals surface area contributed by atoms with E-state index in [0.717, 1.165) is 36.8 Å². The molecule has 0 atom stereocenters. The molecule has 5 rings (SSSR count). The maximum absolute atomic E-state index is 13.5. The third-order valence-corrected chi connectivity index (χ3v) is 8.90. The van der Waals surface area contributed by atoms with Crippen molar-refractivity contribution in [3.63, 3.8) is 0 Å². The Bertz CT molecular complexity index is 1420. The summed E-state index contributed by atoms with van der Waals surface area (Å²) in [4.78, 5) is 26.4. The number of carbonyl (C=O) groups excluding carboxylic acids is 1.